The lowest BCUT2D eigenvalue weighted by Gasteiger charge is -2.07. The van der Waals surface area contributed by atoms with E-state index in [-0.39, 0.29) is 5.71 Å². The van der Waals surface area contributed by atoms with Gasteiger partial charge in [-0.1, -0.05) is 5.16 Å². The highest BCUT2D eigenvalue weighted by atomic mass is 16.7. The number of esters is 1. The summed E-state index contributed by atoms with van der Waals surface area (Å²) in [5, 5.41) is 3.71. The summed E-state index contributed by atoms with van der Waals surface area (Å²) in [5.41, 5.74) is 0.183. The first-order valence-electron chi connectivity index (χ1n) is 5.00. The van der Waals surface area contributed by atoms with E-state index in [9.17, 15) is 4.79 Å². The zero-order chi connectivity index (χ0) is 12.7. The number of rotatable bonds is 3. The van der Waals surface area contributed by atoms with E-state index in [1.54, 1.807) is 23.3 Å². The van der Waals surface area contributed by atoms with Crippen LogP contribution in [-0.4, -0.2) is 62.0 Å². The van der Waals surface area contributed by atoms with Gasteiger partial charge >= 0.3 is 12.0 Å². The zero-order valence-corrected chi connectivity index (χ0v) is 10.8. The summed E-state index contributed by atoms with van der Waals surface area (Å²) in [6.45, 7) is 3.60. The van der Waals surface area contributed by atoms with Gasteiger partial charge < -0.3 is 4.74 Å². The molecular formula is C10H20N3O3+. The molecule has 0 fully saturated rings. The lowest BCUT2D eigenvalue weighted by Crippen LogP contribution is -2.31. The van der Waals surface area contributed by atoms with E-state index in [0.29, 0.717) is 12.6 Å². The number of hydrogen-bond donors (Lipinski definition) is 0. The van der Waals surface area contributed by atoms with Crippen LogP contribution < -0.4 is 0 Å². The number of ether oxygens (including phenoxy) is 1. The summed E-state index contributed by atoms with van der Waals surface area (Å²) in [4.78, 5) is 18.1. The minimum Gasteiger partial charge on any atom is -0.461 e. The van der Waals surface area contributed by atoms with Gasteiger partial charge in [0.15, 0.2) is 5.71 Å². The molecule has 0 aliphatic carbocycles. The molecule has 0 aliphatic rings. The standard InChI is InChI=1S/C10H20N3O3/c1-7-15-9(14)8(2)11-16-10(12(3)4)13(5)6/h7H2,1-6H3/q+1. The SMILES string of the molecule is CCOC(=O)C(C)=NOC(N(C)C)=[N+](C)C. The molecule has 0 radical (unpaired) electrons. The van der Waals surface area contributed by atoms with Crippen LogP contribution in [0, 0.1) is 0 Å². The van der Waals surface area contributed by atoms with Crippen LogP contribution in [-0.2, 0) is 14.4 Å². The summed E-state index contributed by atoms with van der Waals surface area (Å²) in [6, 6.07) is 0.531. The predicted molar refractivity (Wildman–Crippen MR) is 61.6 cm³/mol. The van der Waals surface area contributed by atoms with Crippen LogP contribution in [0.4, 0.5) is 0 Å². The average molecular weight is 230 g/mol. The van der Waals surface area contributed by atoms with Gasteiger partial charge in [-0.15, -0.1) is 0 Å². The van der Waals surface area contributed by atoms with Gasteiger partial charge in [0, 0.05) is 0 Å². The maximum absolute atomic E-state index is 11.2. The van der Waals surface area contributed by atoms with E-state index in [4.69, 9.17) is 9.57 Å². The van der Waals surface area contributed by atoms with Gasteiger partial charge in [-0.25, -0.2) is 14.3 Å². The van der Waals surface area contributed by atoms with Crippen molar-refractivity contribution < 1.29 is 18.9 Å². The van der Waals surface area contributed by atoms with Crippen molar-refractivity contribution in [2.45, 2.75) is 13.8 Å². The van der Waals surface area contributed by atoms with Crippen LogP contribution in [0.15, 0.2) is 5.16 Å². The third-order valence-corrected chi connectivity index (χ3v) is 1.60. The van der Waals surface area contributed by atoms with E-state index in [0.717, 1.165) is 0 Å². The van der Waals surface area contributed by atoms with Crippen molar-refractivity contribution in [1.29, 1.82) is 0 Å². The lowest BCUT2D eigenvalue weighted by atomic mass is 10.4. The molecule has 0 atom stereocenters. The van der Waals surface area contributed by atoms with Crippen LogP contribution in [0.25, 0.3) is 0 Å². The second kappa shape index (κ2) is 6.81. The number of hydrogen-bond acceptors (Lipinski definition) is 4. The molecule has 16 heavy (non-hydrogen) atoms. The van der Waals surface area contributed by atoms with Gasteiger partial charge in [-0.05, 0) is 13.8 Å². The van der Waals surface area contributed by atoms with Gasteiger partial charge in [0.05, 0.1) is 34.8 Å². The van der Waals surface area contributed by atoms with Crippen LogP contribution in [0.2, 0.25) is 0 Å². The van der Waals surface area contributed by atoms with E-state index in [1.165, 1.54) is 0 Å². The Morgan fingerprint density at radius 1 is 1.38 bits per heavy atom. The summed E-state index contributed by atoms with van der Waals surface area (Å²) < 4.78 is 6.52. The topological polar surface area (TPSA) is 54.1 Å². The average Bonchev–Trinajstić information content (AvgIpc) is 2.16. The molecule has 0 saturated heterocycles. The highest BCUT2D eigenvalue weighted by molar-refractivity contribution is 6.35. The molecule has 0 bridgehead atoms. The third kappa shape index (κ3) is 4.77. The molecule has 0 aromatic carbocycles. The lowest BCUT2D eigenvalue weighted by molar-refractivity contribution is -0.480. The number of carbonyl (C=O) groups is 1. The zero-order valence-electron chi connectivity index (χ0n) is 10.8. The largest absolute Gasteiger partial charge is 0.471 e. The Morgan fingerprint density at radius 3 is 2.31 bits per heavy atom. The fourth-order valence-electron chi connectivity index (χ4n) is 0.945. The Kier molecular flexibility index (Phi) is 6.14. The maximum atomic E-state index is 11.2. The summed E-state index contributed by atoms with van der Waals surface area (Å²) >= 11 is 0. The quantitative estimate of drug-likeness (QED) is 0.227. The predicted octanol–water partition coefficient (Wildman–Crippen LogP) is 0.132. The Hall–Kier alpha value is -1.59. The maximum Gasteiger partial charge on any atom is 0.471 e. The molecular weight excluding hydrogens is 210 g/mol. The van der Waals surface area contributed by atoms with E-state index >= 15 is 0 Å². The first-order chi connectivity index (χ1) is 7.40. The smallest absolute Gasteiger partial charge is 0.461 e. The van der Waals surface area contributed by atoms with Gasteiger partial charge in [0.1, 0.15) is 0 Å². The number of amidine groups is 1. The van der Waals surface area contributed by atoms with Crippen molar-refractivity contribution in [2.24, 2.45) is 5.16 Å². The van der Waals surface area contributed by atoms with Crippen molar-refractivity contribution in [2.75, 3.05) is 34.8 Å². The van der Waals surface area contributed by atoms with Crippen LogP contribution >= 0.6 is 0 Å². The second-order valence-electron chi connectivity index (χ2n) is 3.56. The normalized spacial score (nSPS) is 10.8. The number of nitrogens with zero attached hydrogens (tertiary/aromatic N) is 3. The minimum absolute atomic E-state index is 0.183. The Bertz CT molecular complexity index is 304. The summed E-state index contributed by atoms with van der Waals surface area (Å²) in [6.07, 6.45) is 0. The fraction of sp³-hybridized carbons (Fsp3) is 0.700. The van der Waals surface area contributed by atoms with Gasteiger partial charge in [-0.2, -0.15) is 0 Å². The molecule has 6 heteroatoms. The highest BCUT2D eigenvalue weighted by Crippen LogP contribution is 1.91. The third-order valence-electron chi connectivity index (χ3n) is 1.60. The monoisotopic (exact) mass is 230 g/mol. The van der Waals surface area contributed by atoms with Crippen LogP contribution in [0.5, 0.6) is 0 Å². The second-order valence-corrected chi connectivity index (χ2v) is 3.56. The minimum atomic E-state index is -0.473. The molecule has 0 aromatic rings. The van der Waals surface area contributed by atoms with E-state index in [1.807, 2.05) is 28.2 Å². The van der Waals surface area contributed by atoms with Gasteiger partial charge in [-0.3, -0.25) is 4.84 Å². The molecule has 0 unspecified atom stereocenters. The number of carbonyl (C=O) groups excluding carboxylic acids is 1. The van der Waals surface area contributed by atoms with E-state index in [2.05, 4.69) is 5.16 Å². The molecule has 0 aromatic heterocycles. The first kappa shape index (κ1) is 14.4. The summed E-state index contributed by atoms with van der Waals surface area (Å²) in [5.74, 6) is -0.473. The molecule has 0 saturated carbocycles. The number of oxime groups is 1. The van der Waals surface area contributed by atoms with Gasteiger partial charge in [0.25, 0.3) is 0 Å². The Labute approximate surface area is 96.1 Å². The Balaban J connectivity index is 4.57. The molecule has 0 rings (SSSR count). The Morgan fingerprint density at radius 2 is 1.94 bits per heavy atom. The van der Waals surface area contributed by atoms with Crippen molar-refractivity contribution in [3.63, 3.8) is 0 Å². The van der Waals surface area contributed by atoms with Crippen molar-refractivity contribution in [3.8, 4) is 0 Å². The summed E-state index contributed by atoms with van der Waals surface area (Å²) in [7, 11) is 7.30. The van der Waals surface area contributed by atoms with Crippen molar-refractivity contribution in [3.05, 3.63) is 0 Å². The van der Waals surface area contributed by atoms with Crippen molar-refractivity contribution >= 4 is 17.7 Å². The molecule has 0 amide bonds. The molecule has 0 N–H and O–H groups in total. The molecule has 0 aliphatic heterocycles. The van der Waals surface area contributed by atoms with E-state index < -0.39 is 5.97 Å². The van der Waals surface area contributed by atoms with Crippen LogP contribution in [0.3, 0.4) is 0 Å². The van der Waals surface area contributed by atoms with Crippen molar-refractivity contribution in [1.82, 2.24) is 4.90 Å². The molecule has 92 valence electrons. The fourth-order valence-corrected chi connectivity index (χ4v) is 0.945. The first-order valence-corrected chi connectivity index (χ1v) is 5.00. The van der Waals surface area contributed by atoms with Gasteiger partial charge in [0.2, 0.25) is 0 Å². The molecule has 6 nitrogen and oxygen atoms in total. The molecule has 0 heterocycles. The molecule has 0 spiro atoms. The highest BCUT2D eigenvalue weighted by Gasteiger charge is 2.15. The van der Waals surface area contributed by atoms with Crippen LogP contribution in [0.1, 0.15) is 13.8 Å².